The van der Waals surface area contributed by atoms with Crippen LogP contribution in [0, 0.1) is 13.7 Å². The molecule has 1 heterocycles. The van der Waals surface area contributed by atoms with Gasteiger partial charge in [-0.25, -0.2) is 0 Å². The first-order chi connectivity index (χ1) is 14.3. The van der Waals surface area contributed by atoms with Gasteiger partial charge < -0.3 is 9.47 Å². The number of rotatable bonds is 7. The summed E-state index contributed by atoms with van der Waals surface area (Å²) in [5.74, 6) is 0.919. The van der Waals surface area contributed by atoms with E-state index in [0.29, 0.717) is 33.0 Å². The first-order valence-corrected chi connectivity index (χ1v) is 11.2. The van der Waals surface area contributed by atoms with Crippen LogP contribution >= 0.6 is 46.6 Å². The Balaban J connectivity index is 1.93. The van der Waals surface area contributed by atoms with E-state index in [9.17, 15) is 14.9 Å². The number of carbonyl (C=O) groups is 1. The molecule has 7 nitrogen and oxygen atoms in total. The van der Waals surface area contributed by atoms with E-state index in [-0.39, 0.29) is 11.6 Å². The predicted molar refractivity (Wildman–Crippen MR) is 130 cm³/mol. The molecule has 0 aromatic heterocycles. The van der Waals surface area contributed by atoms with Gasteiger partial charge in [0, 0.05) is 12.1 Å². The van der Waals surface area contributed by atoms with Gasteiger partial charge in [0.2, 0.25) is 0 Å². The van der Waals surface area contributed by atoms with Crippen molar-refractivity contribution in [2.75, 3.05) is 18.6 Å². The van der Waals surface area contributed by atoms with Gasteiger partial charge in [-0.3, -0.25) is 19.8 Å². The fourth-order valence-corrected chi connectivity index (χ4v) is 4.83. The second kappa shape index (κ2) is 9.75. The Morgan fingerprint density at radius 3 is 2.77 bits per heavy atom. The molecule has 3 rings (SSSR count). The molecular weight excluding hydrogens is 539 g/mol. The van der Waals surface area contributed by atoms with Gasteiger partial charge in [-0.1, -0.05) is 37.0 Å². The lowest BCUT2D eigenvalue weighted by Crippen LogP contribution is -2.27. The minimum Gasteiger partial charge on any atom is -0.493 e. The van der Waals surface area contributed by atoms with E-state index in [1.54, 1.807) is 25.3 Å². The minimum atomic E-state index is -0.507. The number of ether oxygens (including phenoxy) is 2. The number of benzene rings is 2. The van der Waals surface area contributed by atoms with Crippen LogP contribution in [0.2, 0.25) is 0 Å². The number of nitro groups is 1. The summed E-state index contributed by atoms with van der Waals surface area (Å²) in [5, 5.41) is 11.1. The van der Waals surface area contributed by atoms with Crippen molar-refractivity contribution in [1.29, 1.82) is 0 Å². The summed E-state index contributed by atoms with van der Waals surface area (Å²) >= 11 is 8.67. The summed E-state index contributed by atoms with van der Waals surface area (Å²) in [5.41, 5.74) is 1.03. The molecule has 2 aromatic rings. The van der Waals surface area contributed by atoms with E-state index in [0.717, 1.165) is 27.3 Å². The van der Waals surface area contributed by atoms with Gasteiger partial charge in [0.1, 0.15) is 0 Å². The van der Waals surface area contributed by atoms with Crippen LogP contribution in [0.5, 0.6) is 11.5 Å². The van der Waals surface area contributed by atoms with E-state index in [1.165, 1.54) is 23.1 Å². The summed E-state index contributed by atoms with van der Waals surface area (Å²) in [4.78, 5) is 25.2. The number of carbonyl (C=O) groups excluding carboxylic acids is 1. The monoisotopic (exact) mass is 556 g/mol. The lowest BCUT2D eigenvalue weighted by Gasteiger charge is -2.14. The molecule has 1 aliphatic rings. The van der Waals surface area contributed by atoms with Crippen LogP contribution in [0.15, 0.2) is 41.3 Å². The lowest BCUT2D eigenvalue weighted by atomic mass is 10.1. The summed E-state index contributed by atoms with van der Waals surface area (Å²) in [6.07, 6.45) is 2.60. The Bertz CT molecular complexity index is 1060. The van der Waals surface area contributed by atoms with Gasteiger partial charge in [-0.15, -0.1) is 0 Å². The Kier molecular flexibility index (Phi) is 7.32. The van der Waals surface area contributed by atoms with Crippen molar-refractivity contribution >= 4 is 74.2 Å². The number of hydrogen-bond acceptors (Lipinski definition) is 7. The molecule has 2 aromatic carbocycles. The first-order valence-electron chi connectivity index (χ1n) is 8.88. The molecule has 0 unspecified atom stereocenters. The third kappa shape index (κ3) is 4.76. The summed E-state index contributed by atoms with van der Waals surface area (Å²) in [7, 11) is 1.57. The number of nitro benzene ring substituents is 1. The molecule has 1 saturated heterocycles. The Morgan fingerprint density at radius 1 is 1.33 bits per heavy atom. The van der Waals surface area contributed by atoms with Crippen molar-refractivity contribution in [3.05, 3.63) is 60.6 Å². The average molecular weight is 556 g/mol. The van der Waals surface area contributed by atoms with Crippen LogP contribution in [0.1, 0.15) is 18.9 Å². The van der Waals surface area contributed by atoms with E-state index < -0.39 is 4.92 Å². The van der Waals surface area contributed by atoms with Crippen LogP contribution < -0.4 is 14.4 Å². The van der Waals surface area contributed by atoms with Crippen molar-refractivity contribution < 1.29 is 19.2 Å². The summed E-state index contributed by atoms with van der Waals surface area (Å²) in [6, 6.07) is 9.54. The third-order valence-electron chi connectivity index (χ3n) is 4.09. The molecule has 10 heteroatoms. The van der Waals surface area contributed by atoms with Crippen molar-refractivity contribution in [2.24, 2.45) is 0 Å². The van der Waals surface area contributed by atoms with E-state index >= 15 is 0 Å². The summed E-state index contributed by atoms with van der Waals surface area (Å²) in [6.45, 7) is 2.60. The number of thioether (sulfide) groups is 1. The minimum absolute atomic E-state index is 0.104. The SMILES string of the molecule is CCCOc1c(I)cc(/C=C2/SC(=S)N(c3cccc([N+](=O)[O-])c3)C2=O)cc1OC. The van der Waals surface area contributed by atoms with Crippen molar-refractivity contribution in [3.63, 3.8) is 0 Å². The zero-order chi connectivity index (χ0) is 21.8. The first kappa shape index (κ1) is 22.5. The highest BCUT2D eigenvalue weighted by atomic mass is 127. The second-order valence-corrected chi connectivity index (χ2v) is 9.01. The zero-order valence-electron chi connectivity index (χ0n) is 16.1. The molecule has 156 valence electrons. The molecule has 0 bridgehead atoms. The van der Waals surface area contributed by atoms with E-state index in [1.807, 2.05) is 13.0 Å². The van der Waals surface area contributed by atoms with Crippen molar-refractivity contribution in [3.8, 4) is 11.5 Å². The average Bonchev–Trinajstić information content (AvgIpc) is 2.99. The second-order valence-electron chi connectivity index (χ2n) is 6.18. The van der Waals surface area contributed by atoms with Gasteiger partial charge in [-0.05, 0) is 58.9 Å². The van der Waals surface area contributed by atoms with Crippen molar-refractivity contribution in [1.82, 2.24) is 0 Å². The van der Waals surface area contributed by atoms with Crippen LogP contribution in [0.3, 0.4) is 0 Å². The Morgan fingerprint density at radius 2 is 2.10 bits per heavy atom. The maximum absolute atomic E-state index is 13.0. The normalized spacial score (nSPS) is 15.0. The highest BCUT2D eigenvalue weighted by molar-refractivity contribution is 14.1. The number of thiocarbonyl (C=S) groups is 1. The molecular formula is C20H17IN2O5S2. The topological polar surface area (TPSA) is 81.9 Å². The van der Waals surface area contributed by atoms with Gasteiger partial charge in [0.15, 0.2) is 15.8 Å². The van der Waals surface area contributed by atoms with Crippen molar-refractivity contribution in [2.45, 2.75) is 13.3 Å². The Labute approximate surface area is 196 Å². The van der Waals surface area contributed by atoms with E-state index in [2.05, 4.69) is 22.6 Å². The highest BCUT2D eigenvalue weighted by Gasteiger charge is 2.34. The molecule has 30 heavy (non-hydrogen) atoms. The quantitative estimate of drug-likeness (QED) is 0.149. The number of methoxy groups -OCH3 is 1. The van der Waals surface area contributed by atoms with Crippen LogP contribution in [0.4, 0.5) is 11.4 Å². The number of non-ortho nitro benzene ring substituents is 1. The molecule has 0 N–H and O–H groups in total. The smallest absolute Gasteiger partial charge is 0.271 e. The van der Waals surface area contributed by atoms with Crippen LogP contribution in [0.25, 0.3) is 6.08 Å². The van der Waals surface area contributed by atoms with Gasteiger partial charge >= 0.3 is 0 Å². The molecule has 1 fully saturated rings. The number of nitrogens with zero attached hydrogens (tertiary/aromatic N) is 2. The Hall–Kier alpha value is -2.18. The molecule has 0 saturated carbocycles. The molecule has 0 radical (unpaired) electrons. The fourth-order valence-electron chi connectivity index (χ4n) is 2.75. The summed E-state index contributed by atoms with van der Waals surface area (Å²) < 4.78 is 12.4. The van der Waals surface area contributed by atoms with E-state index in [4.69, 9.17) is 21.7 Å². The standard InChI is InChI=1S/C20H17IN2O5S2/c1-3-7-28-18-15(21)8-12(9-16(18)27-2)10-17-19(24)22(20(29)30-17)13-5-4-6-14(11-13)23(25)26/h4-6,8-11H,3,7H2,1-2H3/b17-10+. The third-order valence-corrected chi connectivity index (χ3v) is 6.20. The number of anilines is 1. The molecule has 0 aliphatic carbocycles. The maximum Gasteiger partial charge on any atom is 0.271 e. The fraction of sp³-hybridized carbons (Fsp3) is 0.200. The molecule has 0 atom stereocenters. The molecule has 1 amide bonds. The van der Waals surface area contributed by atoms with Crippen LogP contribution in [-0.2, 0) is 4.79 Å². The highest BCUT2D eigenvalue weighted by Crippen LogP contribution is 2.39. The lowest BCUT2D eigenvalue weighted by molar-refractivity contribution is -0.384. The number of hydrogen-bond donors (Lipinski definition) is 0. The molecule has 0 spiro atoms. The number of halogens is 1. The molecule has 1 aliphatic heterocycles. The maximum atomic E-state index is 13.0. The predicted octanol–water partition coefficient (Wildman–Crippen LogP) is 5.40. The van der Waals surface area contributed by atoms with Gasteiger partial charge in [-0.2, -0.15) is 0 Å². The van der Waals surface area contributed by atoms with Gasteiger partial charge in [0.25, 0.3) is 11.6 Å². The zero-order valence-corrected chi connectivity index (χ0v) is 19.9. The van der Waals surface area contributed by atoms with Crippen LogP contribution in [-0.4, -0.2) is 28.9 Å². The van der Waals surface area contributed by atoms with Gasteiger partial charge in [0.05, 0.1) is 32.8 Å². The number of amides is 1. The largest absolute Gasteiger partial charge is 0.493 e.